The molecule has 0 aliphatic heterocycles. The Morgan fingerprint density at radius 3 is 2.83 bits per heavy atom. The van der Waals surface area contributed by atoms with E-state index in [0.29, 0.717) is 0 Å². The van der Waals surface area contributed by atoms with Crippen LogP contribution in [0.1, 0.15) is 12.8 Å². The molecule has 1 aliphatic carbocycles. The molecule has 1 atom stereocenters. The van der Waals surface area contributed by atoms with Gasteiger partial charge in [-0.25, -0.2) is 0 Å². The van der Waals surface area contributed by atoms with Gasteiger partial charge in [-0.05, 0) is 0 Å². The maximum atomic E-state index is 10.9. The molecule has 0 aromatic carbocycles. The van der Waals surface area contributed by atoms with Crippen molar-refractivity contribution in [2.45, 2.75) is 12.8 Å². The number of esters is 1. The quantitative estimate of drug-likeness (QED) is 0.584. The Labute approximate surface area is 69.8 Å². The summed E-state index contributed by atoms with van der Waals surface area (Å²) in [5.41, 5.74) is 0. The number of rotatable bonds is 1. The minimum atomic E-state index is -0.507. The number of aliphatic hydroxyl groups excluding tert-OH is 1. The minimum Gasteiger partial charge on any atom is -0.512 e. The molecule has 0 aromatic rings. The van der Waals surface area contributed by atoms with E-state index in [0.717, 1.165) is 6.08 Å². The number of aliphatic hydroxyl groups is 1. The van der Waals surface area contributed by atoms with Gasteiger partial charge in [0.05, 0.1) is 18.8 Å². The van der Waals surface area contributed by atoms with Crippen LogP contribution < -0.4 is 0 Å². The maximum Gasteiger partial charge on any atom is 0.309 e. The molecule has 0 aromatic heterocycles. The fourth-order valence-corrected chi connectivity index (χ4v) is 1.20. The third kappa shape index (κ3) is 1.84. The molecule has 66 valence electrons. The predicted molar refractivity (Wildman–Crippen MR) is 40.5 cm³/mol. The molecule has 0 unspecified atom stereocenters. The lowest BCUT2D eigenvalue weighted by atomic mass is 9.92. The fraction of sp³-hybridized carbons (Fsp3) is 0.500. The highest BCUT2D eigenvalue weighted by atomic mass is 16.5. The van der Waals surface area contributed by atoms with Crippen LogP contribution in [0.5, 0.6) is 0 Å². The molecule has 12 heavy (non-hydrogen) atoms. The van der Waals surface area contributed by atoms with E-state index in [1.807, 2.05) is 0 Å². The topological polar surface area (TPSA) is 63.6 Å². The molecule has 0 spiro atoms. The van der Waals surface area contributed by atoms with Crippen molar-refractivity contribution >= 4 is 11.8 Å². The van der Waals surface area contributed by atoms with Crippen LogP contribution >= 0.6 is 0 Å². The Kier molecular flexibility index (Phi) is 2.47. The Morgan fingerprint density at radius 1 is 1.67 bits per heavy atom. The first-order valence-electron chi connectivity index (χ1n) is 3.63. The number of ether oxygens (including phenoxy) is 1. The summed E-state index contributed by atoms with van der Waals surface area (Å²) in [5, 5.41) is 9.03. The molecule has 1 N–H and O–H groups in total. The summed E-state index contributed by atoms with van der Waals surface area (Å²) < 4.78 is 4.46. The van der Waals surface area contributed by atoms with Gasteiger partial charge in [0, 0.05) is 18.9 Å². The van der Waals surface area contributed by atoms with Crippen molar-refractivity contribution in [1.29, 1.82) is 0 Å². The summed E-state index contributed by atoms with van der Waals surface area (Å²) in [5.74, 6) is -1.22. The highest BCUT2D eigenvalue weighted by molar-refractivity contribution is 5.94. The largest absolute Gasteiger partial charge is 0.512 e. The van der Waals surface area contributed by atoms with Gasteiger partial charge in [-0.3, -0.25) is 9.59 Å². The van der Waals surface area contributed by atoms with Crippen LogP contribution in [0.2, 0.25) is 0 Å². The van der Waals surface area contributed by atoms with Crippen LogP contribution in [0.25, 0.3) is 0 Å². The van der Waals surface area contributed by atoms with Crippen molar-refractivity contribution in [2.24, 2.45) is 5.92 Å². The van der Waals surface area contributed by atoms with E-state index in [-0.39, 0.29) is 24.4 Å². The molecular formula is C8H10O4. The van der Waals surface area contributed by atoms with E-state index >= 15 is 0 Å². The number of hydrogen-bond acceptors (Lipinski definition) is 4. The lowest BCUT2D eigenvalue weighted by Gasteiger charge is -2.16. The Bertz CT molecular complexity index is 241. The molecule has 1 rings (SSSR count). The number of carbonyl (C=O) groups is 2. The second-order valence-corrected chi connectivity index (χ2v) is 2.73. The van der Waals surface area contributed by atoms with Gasteiger partial charge in [0.25, 0.3) is 0 Å². The van der Waals surface area contributed by atoms with E-state index < -0.39 is 11.9 Å². The summed E-state index contributed by atoms with van der Waals surface area (Å²) in [7, 11) is 1.27. The molecule has 0 fully saturated rings. The van der Waals surface area contributed by atoms with E-state index in [4.69, 9.17) is 5.11 Å². The molecule has 0 saturated carbocycles. The minimum absolute atomic E-state index is 0.0401. The number of ketones is 1. The zero-order valence-electron chi connectivity index (χ0n) is 6.74. The monoisotopic (exact) mass is 170 g/mol. The van der Waals surface area contributed by atoms with Gasteiger partial charge in [0.15, 0.2) is 5.78 Å². The van der Waals surface area contributed by atoms with Gasteiger partial charge < -0.3 is 9.84 Å². The van der Waals surface area contributed by atoms with Crippen LogP contribution in [-0.2, 0) is 14.3 Å². The van der Waals surface area contributed by atoms with Crippen molar-refractivity contribution < 1.29 is 19.4 Å². The molecule has 0 saturated heterocycles. The van der Waals surface area contributed by atoms with Crippen LogP contribution in [-0.4, -0.2) is 24.0 Å². The van der Waals surface area contributed by atoms with Crippen molar-refractivity contribution in [3.05, 3.63) is 11.8 Å². The van der Waals surface area contributed by atoms with Gasteiger partial charge in [0.2, 0.25) is 0 Å². The maximum absolute atomic E-state index is 10.9. The number of methoxy groups -OCH3 is 1. The van der Waals surface area contributed by atoms with Crippen molar-refractivity contribution in [1.82, 2.24) is 0 Å². The third-order valence-corrected chi connectivity index (χ3v) is 1.77. The smallest absolute Gasteiger partial charge is 0.309 e. The molecular weight excluding hydrogens is 160 g/mol. The van der Waals surface area contributed by atoms with E-state index in [1.54, 1.807) is 0 Å². The van der Waals surface area contributed by atoms with E-state index in [9.17, 15) is 9.59 Å². The molecule has 0 heterocycles. The SMILES string of the molecule is COC(=O)[C@H]1CC(=O)C=C(O)C1. The van der Waals surface area contributed by atoms with Gasteiger partial charge in [-0.1, -0.05) is 0 Å². The number of allylic oxidation sites excluding steroid dienone is 2. The average Bonchev–Trinajstić information content (AvgIpc) is 2.01. The van der Waals surface area contributed by atoms with Crippen LogP contribution in [0.4, 0.5) is 0 Å². The van der Waals surface area contributed by atoms with Crippen LogP contribution in [0, 0.1) is 5.92 Å². The molecule has 1 aliphatic rings. The zero-order valence-corrected chi connectivity index (χ0v) is 6.74. The lowest BCUT2D eigenvalue weighted by Crippen LogP contribution is -2.23. The van der Waals surface area contributed by atoms with Crippen molar-refractivity contribution in [3.8, 4) is 0 Å². The zero-order chi connectivity index (χ0) is 9.14. The molecule has 4 heteroatoms. The standard InChI is InChI=1S/C8H10O4/c1-12-8(11)5-2-6(9)4-7(10)3-5/h4-5,9H,2-3H2,1H3/t5-/m1/s1. The number of carbonyl (C=O) groups excluding carboxylic acids is 2. The fourth-order valence-electron chi connectivity index (χ4n) is 1.20. The normalized spacial score (nSPS) is 23.2. The van der Waals surface area contributed by atoms with Crippen LogP contribution in [0.3, 0.4) is 0 Å². The highest BCUT2D eigenvalue weighted by Gasteiger charge is 2.27. The molecule has 0 amide bonds. The lowest BCUT2D eigenvalue weighted by molar-refractivity contribution is -0.147. The van der Waals surface area contributed by atoms with E-state index in [1.165, 1.54) is 7.11 Å². The van der Waals surface area contributed by atoms with Crippen molar-refractivity contribution in [3.63, 3.8) is 0 Å². The van der Waals surface area contributed by atoms with Gasteiger partial charge in [-0.15, -0.1) is 0 Å². The third-order valence-electron chi connectivity index (χ3n) is 1.77. The summed E-state index contributed by atoms with van der Waals surface area (Å²) in [6.07, 6.45) is 1.49. The van der Waals surface area contributed by atoms with Gasteiger partial charge in [-0.2, -0.15) is 0 Å². The average molecular weight is 170 g/mol. The second-order valence-electron chi connectivity index (χ2n) is 2.73. The Hall–Kier alpha value is -1.32. The van der Waals surface area contributed by atoms with E-state index in [2.05, 4.69) is 4.74 Å². The number of hydrogen-bond donors (Lipinski definition) is 1. The first kappa shape index (κ1) is 8.77. The second kappa shape index (κ2) is 3.38. The highest BCUT2D eigenvalue weighted by Crippen LogP contribution is 2.21. The van der Waals surface area contributed by atoms with Crippen molar-refractivity contribution in [2.75, 3.05) is 7.11 Å². The summed E-state index contributed by atoms with van der Waals surface area (Å²) >= 11 is 0. The summed E-state index contributed by atoms with van der Waals surface area (Å²) in [4.78, 5) is 21.8. The van der Waals surface area contributed by atoms with Gasteiger partial charge in [0.1, 0.15) is 0 Å². The van der Waals surface area contributed by atoms with Gasteiger partial charge >= 0.3 is 5.97 Å². The Morgan fingerprint density at radius 2 is 2.33 bits per heavy atom. The molecule has 4 nitrogen and oxygen atoms in total. The Balaban J connectivity index is 2.67. The summed E-state index contributed by atoms with van der Waals surface area (Å²) in [6, 6.07) is 0. The molecule has 0 bridgehead atoms. The van der Waals surface area contributed by atoms with Crippen LogP contribution in [0.15, 0.2) is 11.8 Å². The predicted octanol–water partition coefficient (Wildman–Crippen LogP) is 0.580. The summed E-state index contributed by atoms with van der Waals surface area (Å²) in [6.45, 7) is 0. The first-order valence-corrected chi connectivity index (χ1v) is 3.63. The first-order chi connectivity index (χ1) is 5.63. The molecule has 0 radical (unpaired) electrons.